The molecule has 1 saturated heterocycles. The zero-order chi connectivity index (χ0) is 28.6. The Kier molecular flexibility index (Phi) is 8.46. The van der Waals surface area contributed by atoms with Gasteiger partial charge in [-0.25, -0.2) is 24.4 Å². The van der Waals surface area contributed by atoms with Crippen LogP contribution in [0.15, 0.2) is 103 Å². The zero-order valence-electron chi connectivity index (χ0n) is 21.7. The summed E-state index contributed by atoms with van der Waals surface area (Å²) < 4.78 is 23.4. The molecule has 11 heteroatoms. The molecule has 1 aromatic heterocycles. The van der Waals surface area contributed by atoms with E-state index in [1.165, 1.54) is 12.4 Å². The van der Waals surface area contributed by atoms with E-state index < -0.39 is 42.4 Å². The summed E-state index contributed by atoms with van der Waals surface area (Å²) in [5.41, 5.74) is 6.70. The Morgan fingerprint density at radius 2 is 1.24 bits per heavy atom. The Bertz CT molecular complexity index is 1490. The molecule has 0 unspecified atom stereocenters. The number of nitrogens with two attached hydrogens (primary N) is 1. The van der Waals surface area contributed by atoms with Gasteiger partial charge in [0, 0.05) is 6.07 Å². The minimum absolute atomic E-state index is 0.193. The standard InChI is InChI=1S/C30H26N4O7/c31-23-16-24(33-18-32-23)34-27-26(41-30(37)21-14-8-3-9-15-21)25(40-29(36)20-12-6-2-7-13-20)22(39-27)17-38-28(35)19-10-4-1-5-11-19/h1-16,18,22,25-27H,17H2,(H3,31,32,33,34)/t22-,25-,26-,27-/m1/s1. The van der Waals surface area contributed by atoms with Crippen LogP contribution in [0.4, 0.5) is 11.6 Å². The molecule has 5 rings (SSSR count). The molecule has 41 heavy (non-hydrogen) atoms. The fraction of sp³-hybridized carbons (Fsp3) is 0.167. The monoisotopic (exact) mass is 554 g/mol. The first-order valence-electron chi connectivity index (χ1n) is 12.7. The van der Waals surface area contributed by atoms with Gasteiger partial charge in [0.2, 0.25) is 0 Å². The van der Waals surface area contributed by atoms with Gasteiger partial charge in [-0.3, -0.25) is 0 Å². The maximum absolute atomic E-state index is 13.1. The number of aromatic nitrogens is 2. The molecule has 0 saturated carbocycles. The van der Waals surface area contributed by atoms with Crippen molar-refractivity contribution in [3.05, 3.63) is 120 Å². The van der Waals surface area contributed by atoms with Crippen molar-refractivity contribution in [1.29, 1.82) is 0 Å². The smallest absolute Gasteiger partial charge is 0.338 e. The first-order valence-corrected chi connectivity index (χ1v) is 12.7. The van der Waals surface area contributed by atoms with E-state index in [1.807, 2.05) is 0 Å². The van der Waals surface area contributed by atoms with Gasteiger partial charge in [0.15, 0.2) is 18.4 Å². The van der Waals surface area contributed by atoms with E-state index in [4.69, 9.17) is 24.7 Å². The molecule has 0 bridgehead atoms. The highest BCUT2D eigenvalue weighted by Gasteiger charge is 2.50. The summed E-state index contributed by atoms with van der Waals surface area (Å²) in [6, 6.07) is 26.5. The van der Waals surface area contributed by atoms with Crippen LogP contribution in [0.1, 0.15) is 31.1 Å². The number of nitrogens with zero attached hydrogens (tertiary/aromatic N) is 2. The van der Waals surface area contributed by atoms with Crippen molar-refractivity contribution in [3.63, 3.8) is 0 Å². The molecule has 0 radical (unpaired) electrons. The van der Waals surface area contributed by atoms with E-state index in [0.717, 1.165) is 0 Å². The van der Waals surface area contributed by atoms with E-state index in [9.17, 15) is 14.4 Å². The molecular weight excluding hydrogens is 528 g/mol. The lowest BCUT2D eigenvalue weighted by Crippen LogP contribution is -2.43. The van der Waals surface area contributed by atoms with Gasteiger partial charge in [-0.05, 0) is 36.4 Å². The van der Waals surface area contributed by atoms with Gasteiger partial charge in [-0.1, -0.05) is 54.6 Å². The highest BCUT2D eigenvalue weighted by Crippen LogP contribution is 2.30. The number of hydrogen-bond donors (Lipinski definition) is 2. The zero-order valence-corrected chi connectivity index (χ0v) is 21.7. The Balaban J connectivity index is 1.44. The van der Waals surface area contributed by atoms with Gasteiger partial charge in [-0.2, -0.15) is 0 Å². The average Bonchev–Trinajstić information content (AvgIpc) is 3.31. The van der Waals surface area contributed by atoms with Crippen molar-refractivity contribution in [1.82, 2.24) is 9.97 Å². The predicted molar refractivity (Wildman–Crippen MR) is 147 cm³/mol. The molecule has 3 N–H and O–H groups in total. The molecule has 11 nitrogen and oxygen atoms in total. The van der Waals surface area contributed by atoms with Gasteiger partial charge in [-0.15, -0.1) is 0 Å². The second-order valence-corrected chi connectivity index (χ2v) is 9.00. The lowest BCUT2D eigenvalue weighted by molar-refractivity contribution is -0.0441. The first-order chi connectivity index (χ1) is 20.0. The topological polar surface area (TPSA) is 152 Å². The van der Waals surface area contributed by atoms with Gasteiger partial charge >= 0.3 is 17.9 Å². The quantitative estimate of drug-likeness (QED) is 0.231. The SMILES string of the molecule is Nc1cc(N[C@@H]2O[C@H](COC(=O)c3ccccc3)[C@@H](OC(=O)c3ccccc3)[C@H]2OC(=O)c2ccccc2)ncn1. The number of benzene rings is 3. The van der Waals surface area contributed by atoms with E-state index >= 15 is 0 Å². The number of nitrogen functional groups attached to an aromatic ring is 1. The van der Waals surface area contributed by atoms with Crippen LogP contribution in [0.3, 0.4) is 0 Å². The lowest BCUT2D eigenvalue weighted by atomic mass is 10.1. The van der Waals surface area contributed by atoms with E-state index in [2.05, 4.69) is 15.3 Å². The highest BCUT2D eigenvalue weighted by atomic mass is 16.7. The average molecular weight is 555 g/mol. The maximum atomic E-state index is 13.1. The number of carbonyl (C=O) groups excluding carboxylic acids is 3. The molecule has 0 aliphatic carbocycles. The first kappa shape index (κ1) is 27.3. The van der Waals surface area contributed by atoms with Crippen LogP contribution in [0, 0.1) is 0 Å². The molecule has 1 fully saturated rings. The van der Waals surface area contributed by atoms with Gasteiger partial charge in [0.25, 0.3) is 0 Å². The molecule has 4 atom stereocenters. The number of esters is 3. The number of carbonyl (C=O) groups is 3. The van der Waals surface area contributed by atoms with E-state index in [1.54, 1.807) is 91.0 Å². The number of hydrogen-bond acceptors (Lipinski definition) is 11. The highest BCUT2D eigenvalue weighted by molar-refractivity contribution is 5.91. The molecule has 0 amide bonds. The van der Waals surface area contributed by atoms with Crippen molar-refractivity contribution < 1.29 is 33.3 Å². The van der Waals surface area contributed by atoms with Crippen LogP contribution in [0.2, 0.25) is 0 Å². The number of rotatable bonds is 9. The second kappa shape index (κ2) is 12.7. The minimum Gasteiger partial charge on any atom is -0.459 e. The predicted octanol–water partition coefficient (Wildman–Crippen LogP) is 3.50. The number of nitrogens with one attached hydrogen (secondary N) is 1. The molecule has 3 aromatic carbocycles. The summed E-state index contributed by atoms with van der Waals surface area (Å²) in [5, 5.41) is 3.02. The third kappa shape index (κ3) is 6.84. The molecule has 2 heterocycles. The molecular formula is C30H26N4O7. The fourth-order valence-corrected chi connectivity index (χ4v) is 4.19. The van der Waals surface area contributed by atoms with Crippen molar-refractivity contribution in [2.45, 2.75) is 24.5 Å². The Hall–Kier alpha value is -5.29. The second-order valence-electron chi connectivity index (χ2n) is 9.00. The summed E-state index contributed by atoms with van der Waals surface area (Å²) in [6.07, 6.45) is -3.17. The van der Waals surface area contributed by atoms with Gasteiger partial charge in [0.05, 0.1) is 16.7 Å². The van der Waals surface area contributed by atoms with Crippen LogP contribution >= 0.6 is 0 Å². The number of ether oxygens (including phenoxy) is 4. The summed E-state index contributed by atoms with van der Waals surface area (Å²) >= 11 is 0. The summed E-state index contributed by atoms with van der Waals surface area (Å²) in [4.78, 5) is 47.0. The van der Waals surface area contributed by atoms with Crippen molar-refractivity contribution in [2.75, 3.05) is 17.7 Å². The van der Waals surface area contributed by atoms with Crippen LogP contribution in [-0.4, -0.2) is 59.0 Å². The third-order valence-corrected chi connectivity index (χ3v) is 6.18. The Morgan fingerprint density at radius 1 is 0.732 bits per heavy atom. The van der Waals surface area contributed by atoms with Gasteiger partial charge < -0.3 is 30.0 Å². The Labute approximate surface area is 235 Å². The molecule has 0 spiro atoms. The van der Waals surface area contributed by atoms with Crippen LogP contribution in [0.5, 0.6) is 0 Å². The molecule has 1 aliphatic heterocycles. The van der Waals surface area contributed by atoms with Crippen molar-refractivity contribution in [2.24, 2.45) is 0 Å². The normalized spacial score (nSPS) is 19.6. The minimum atomic E-state index is -1.17. The van der Waals surface area contributed by atoms with Crippen molar-refractivity contribution in [3.8, 4) is 0 Å². The van der Waals surface area contributed by atoms with E-state index in [0.29, 0.717) is 5.56 Å². The summed E-state index contributed by atoms with van der Waals surface area (Å²) in [5.74, 6) is -1.47. The maximum Gasteiger partial charge on any atom is 0.338 e. The van der Waals surface area contributed by atoms with E-state index in [-0.39, 0.29) is 29.4 Å². The third-order valence-electron chi connectivity index (χ3n) is 6.18. The molecule has 1 aliphatic rings. The van der Waals surface area contributed by atoms with Gasteiger partial charge in [0.1, 0.15) is 30.7 Å². The van der Waals surface area contributed by atoms with Crippen LogP contribution < -0.4 is 11.1 Å². The number of anilines is 2. The molecule has 208 valence electrons. The fourth-order valence-electron chi connectivity index (χ4n) is 4.19. The van der Waals surface area contributed by atoms with Crippen LogP contribution in [-0.2, 0) is 18.9 Å². The Morgan fingerprint density at radius 3 is 1.78 bits per heavy atom. The largest absolute Gasteiger partial charge is 0.459 e. The lowest BCUT2D eigenvalue weighted by Gasteiger charge is -2.25. The van der Waals surface area contributed by atoms with Crippen molar-refractivity contribution >= 4 is 29.5 Å². The summed E-state index contributed by atoms with van der Waals surface area (Å²) in [7, 11) is 0. The molecule has 4 aromatic rings. The summed E-state index contributed by atoms with van der Waals surface area (Å²) in [6.45, 7) is -0.302. The van der Waals surface area contributed by atoms with Crippen LogP contribution in [0.25, 0.3) is 0 Å².